The van der Waals surface area contributed by atoms with Crippen molar-refractivity contribution >= 4 is 46.2 Å². The molecule has 2 rings (SSSR count). The number of rotatable bonds is 11. The second-order valence-corrected chi connectivity index (χ2v) is 7.59. The number of hydrogen-bond acceptors (Lipinski definition) is 6. The van der Waals surface area contributed by atoms with Crippen LogP contribution >= 0.6 is 15.9 Å². The van der Waals surface area contributed by atoms with Gasteiger partial charge in [-0.05, 0) is 23.3 Å². The first-order chi connectivity index (χ1) is 15.5. The fourth-order valence-electron chi connectivity index (χ4n) is 2.48. The molecule has 0 saturated heterocycles. The Kier molecular flexibility index (Phi) is 10.9. The number of nitrogens with zero attached hydrogens (tertiary/aromatic N) is 1. The summed E-state index contributed by atoms with van der Waals surface area (Å²) in [5.41, 5.74) is 1.62. The van der Waals surface area contributed by atoms with Crippen LogP contribution < -0.4 is 0 Å². The van der Waals surface area contributed by atoms with E-state index >= 15 is 0 Å². The van der Waals surface area contributed by atoms with Crippen molar-refractivity contribution in [3.05, 3.63) is 83.9 Å². The molecule has 0 fully saturated rings. The van der Waals surface area contributed by atoms with Crippen molar-refractivity contribution in [2.24, 2.45) is 5.16 Å². The van der Waals surface area contributed by atoms with Gasteiger partial charge in [-0.25, -0.2) is 14.0 Å². The molecule has 0 amide bonds. The smallest absolute Gasteiger partial charge is 0.331 e. The van der Waals surface area contributed by atoms with Crippen LogP contribution in [0.25, 0.3) is 12.2 Å². The Bertz CT molecular complexity index is 934. The van der Waals surface area contributed by atoms with Crippen molar-refractivity contribution in [2.45, 2.75) is 17.1 Å². The van der Waals surface area contributed by atoms with Crippen LogP contribution in [0.5, 0.6) is 0 Å². The van der Waals surface area contributed by atoms with E-state index in [2.05, 4.69) is 25.9 Å². The van der Waals surface area contributed by atoms with Gasteiger partial charge in [0.1, 0.15) is 13.7 Å². The third kappa shape index (κ3) is 9.26. The lowest BCUT2D eigenvalue weighted by atomic mass is 10.1. The number of carbonyl (C=O) groups is 2. The van der Waals surface area contributed by atoms with Gasteiger partial charge in [-0.3, -0.25) is 0 Å². The van der Waals surface area contributed by atoms with Gasteiger partial charge in [0, 0.05) is 12.2 Å². The number of halogens is 2. The summed E-state index contributed by atoms with van der Waals surface area (Å²) in [4.78, 5) is 27.9. The molecular formula is C24H23BrFNO5. The second-order valence-electron chi connectivity index (χ2n) is 6.42. The van der Waals surface area contributed by atoms with E-state index in [1.165, 1.54) is 19.3 Å². The van der Waals surface area contributed by atoms with E-state index in [0.29, 0.717) is 0 Å². The van der Waals surface area contributed by atoms with Gasteiger partial charge in [-0.15, -0.1) is 0 Å². The van der Waals surface area contributed by atoms with Crippen LogP contribution in [0.1, 0.15) is 11.1 Å². The number of ether oxygens (including phenoxy) is 2. The standard InChI is InChI=1S/C24H23BrFNO5/c1-30-27-16-21(26)24(32-23(29)15-13-19-10-6-3-7-11-19)20(25)17-31-22(28)14-12-18-8-4-2-5-9-18/h2-16,20-21,24H,17H2,1H3/b14-12+,15-13+,27-16-/t20-,21+,24+/m0/s1. The lowest BCUT2D eigenvalue weighted by molar-refractivity contribution is -0.146. The van der Waals surface area contributed by atoms with E-state index in [1.54, 1.807) is 24.3 Å². The van der Waals surface area contributed by atoms with E-state index < -0.39 is 29.0 Å². The normalized spacial score (nSPS) is 14.3. The molecule has 0 aliphatic rings. The van der Waals surface area contributed by atoms with Crippen molar-refractivity contribution < 1.29 is 28.3 Å². The van der Waals surface area contributed by atoms with Gasteiger partial charge in [0.2, 0.25) is 0 Å². The molecule has 0 aliphatic carbocycles. The molecule has 2 aromatic carbocycles. The van der Waals surface area contributed by atoms with Crippen LogP contribution in [0, 0.1) is 0 Å². The number of alkyl halides is 2. The zero-order chi connectivity index (χ0) is 23.2. The third-order valence-electron chi connectivity index (χ3n) is 4.04. The fraction of sp³-hybridized carbons (Fsp3) is 0.208. The highest BCUT2D eigenvalue weighted by Gasteiger charge is 2.31. The summed E-state index contributed by atoms with van der Waals surface area (Å²) in [6.07, 6.45) is 3.35. The zero-order valence-electron chi connectivity index (χ0n) is 17.3. The van der Waals surface area contributed by atoms with Crippen LogP contribution in [0.3, 0.4) is 0 Å². The lowest BCUT2D eigenvalue weighted by Crippen LogP contribution is -2.39. The molecule has 0 unspecified atom stereocenters. The Morgan fingerprint density at radius 2 is 1.50 bits per heavy atom. The van der Waals surface area contributed by atoms with Crippen molar-refractivity contribution in [1.29, 1.82) is 0 Å². The summed E-state index contributed by atoms with van der Waals surface area (Å²) in [5, 5.41) is 3.39. The molecule has 0 saturated carbocycles. The fourth-order valence-corrected chi connectivity index (χ4v) is 3.01. The Hall–Kier alpha value is -3.26. The van der Waals surface area contributed by atoms with Crippen molar-refractivity contribution in [3.8, 4) is 0 Å². The Morgan fingerprint density at radius 3 is 2.03 bits per heavy atom. The van der Waals surface area contributed by atoms with Crippen molar-refractivity contribution in [1.82, 2.24) is 0 Å². The number of benzene rings is 2. The maximum absolute atomic E-state index is 14.6. The van der Waals surface area contributed by atoms with Gasteiger partial charge in [0.05, 0.1) is 11.0 Å². The predicted octanol–water partition coefficient (Wildman–Crippen LogP) is 4.60. The van der Waals surface area contributed by atoms with Gasteiger partial charge in [0.15, 0.2) is 12.3 Å². The predicted molar refractivity (Wildman–Crippen MR) is 125 cm³/mol. The van der Waals surface area contributed by atoms with E-state index in [9.17, 15) is 14.0 Å². The zero-order valence-corrected chi connectivity index (χ0v) is 18.9. The molecule has 3 atom stereocenters. The molecule has 2 aromatic rings. The summed E-state index contributed by atoms with van der Waals surface area (Å²) in [6, 6.07) is 18.3. The second kappa shape index (κ2) is 13.9. The van der Waals surface area contributed by atoms with Gasteiger partial charge in [0.25, 0.3) is 0 Å². The monoisotopic (exact) mass is 503 g/mol. The van der Waals surface area contributed by atoms with Crippen LogP contribution in [0.4, 0.5) is 4.39 Å². The quantitative estimate of drug-likeness (QED) is 0.147. The molecule has 0 radical (unpaired) electrons. The number of carbonyl (C=O) groups excluding carboxylic acids is 2. The number of oxime groups is 1. The first kappa shape index (κ1) is 25.0. The minimum atomic E-state index is -1.80. The molecule has 0 heterocycles. The highest BCUT2D eigenvalue weighted by molar-refractivity contribution is 9.09. The van der Waals surface area contributed by atoms with E-state index in [4.69, 9.17) is 9.47 Å². The van der Waals surface area contributed by atoms with Crippen LogP contribution in [0.15, 0.2) is 78.0 Å². The molecular weight excluding hydrogens is 481 g/mol. The van der Waals surface area contributed by atoms with E-state index in [-0.39, 0.29) is 6.61 Å². The largest absolute Gasteiger partial charge is 0.461 e. The maximum Gasteiger partial charge on any atom is 0.331 e. The average Bonchev–Trinajstić information content (AvgIpc) is 2.83. The Labute approximate surface area is 194 Å². The van der Waals surface area contributed by atoms with Gasteiger partial charge < -0.3 is 14.3 Å². The molecule has 0 aromatic heterocycles. The average molecular weight is 504 g/mol. The highest BCUT2D eigenvalue weighted by atomic mass is 79.9. The molecule has 8 heteroatoms. The van der Waals surface area contributed by atoms with Crippen molar-refractivity contribution in [3.63, 3.8) is 0 Å². The molecule has 0 N–H and O–H groups in total. The van der Waals surface area contributed by atoms with Crippen LogP contribution in [0.2, 0.25) is 0 Å². The molecule has 0 bridgehead atoms. The number of esters is 2. The molecule has 0 aliphatic heterocycles. The topological polar surface area (TPSA) is 74.2 Å². The van der Waals surface area contributed by atoms with Crippen molar-refractivity contribution in [2.75, 3.05) is 13.7 Å². The summed E-state index contributed by atoms with van der Waals surface area (Å²) in [7, 11) is 1.26. The molecule has 0 spiro atoms. The molecule has 168 valence electrons. The third-order valence-corrected chi connectivity index (χ3v) is 4.82. The SMILES string of the molecule is CO/N=C\[C@@H](F)[C@H](OC(=O)/C=C/c1ccccc1)[C@@H](Br)COC(=O)/C=C/c1ccccc1. The lowest BCUT2D eigenvalue weighted by Gasteiger charge is -2.23. The van der Waals surface area contributed by atoms with Gasteiger partial charge >= 0.3 is 11.9 Å². The summed E-state index contributed by atoms with van der Waals surface area (Å²) in [5.74, 6) is -1.37. The summed E-state index contributed by atoms with van der Waals surface area (Å²) in [6.45, 7) is -0.237. The van der Waals surface area contributed by atoms with Crippen LogP contribution in [-0.4, -0.2) is 49.0 Å². The van der Waals surface area contributed by atoms with Gasteiger partial charge in [-0.2, -0.15) is 0 Å². The molecule has 32 heavy (non-hydrogen) atoms. The number of hydrogen-bond donors (Lipinski definition) is 0. The first-order valence-electron chi connectivity index (χ1n) is 9.68. The maximum atomic E-state index is 14.6. The van der Waals surface area contributed by atoms with E-state index in [1.807, 2.05) is 48.5 Å². The Balaban J connectivity index is 1.97. The van der Waals surface area contributed by atoms with Crippen LogP contribution in [-0.2, 0) is 23.9 Å². The minimum absolute atomic E-state index is 0.237. The summed E-state index contributed by atoms with van der Waals surface area (Å²) >= 11 is 3.24. The first-order valence-corrected chi connectivity index (χ1v) is 10.6. The minimum Gasteiger partial charge on any atom is -0.461 e. The molecule has 6 nitrogen and oxygen atoms in total. The Morgan fingerprint density at radius 1 is 0.969 bits per heavy atom. The highest BCUT2D eigenvalue weighted by Crippen LogP contribution is 2.17. The van der Waals surface area contributed by atoms with E-state index in [0.717, 1.165) is 17.3 Å². The van der Waals surface area contributed by atoms with Gasteiger partial charge in [-0.1, -0.05) is 81.7 Å². The summed E-state index contributed by atoms with van der Waals surface area (Å²) < 4.78 is 25.0.